The van der Waals surface area contributed by atoms with Gasteiger partial charge in [-0.3, -0.25) is 4.79 Å². The van der Waals surface area contributed by atoms with E-state index in [1.807, 2.05) is 0 Å². The summed E-state index contributed by atoms with van der Waals surface area (Å²) in [7, 11) is -3.32. The fourth-order valence-corrected chi connectivity index (χ4v) is 5.50. The lowest BCUT2D eigenvalue weighted by Gasteiger charge is -2.34. The molecule has 0 aliphatic carbocycles. The van der Waals surface area contributed by atoms with Crippen LogP contribution in [-0.4, -0.2) is 48.4 Å². The van der Waals surface area contributed by atoms with Crippen LogP contribution in [-0.2, 0) is 9.84 Å². The first-order valence-electron chi connectivity index (χ1n) is 6.45. The predicted octanol–water partition coefficient (Wildman–Crippen LogP) is 2.58. The smallest absolute Gasteiger partial charge is 0.256 e. The Hall–Kier alpha value is -0.370. The first kappa shape index (κ1) is 17.0. The number of halogens is 1. The van der Waals surface area contributed by atoms with Crippen LogP contribution in [0.1, 0.15) is 17.3 Å². The molecule has 21 heavy (non-hydrogen) atoms. The molecule has 0 radical (unpaired) electrons. The number of carbonyl (C=O) groups excluding carboxylic acids is 1. The van der Waals surface area contributed by atoms with Gasteiger partial charge in [-0.15, -0.1) is 12.6 Å². The minimum Gasteiger partial charge on any atom is -0.320 e. The van der Waals surface area contributed by atoms with Crippen LogP contribution >= 0.6 is 36.0 Å². The van der Waals surface area contributed by atoms with E-state index in [0.717, 1.165) is 5.75 Å². The summed E-state index contributed by atoms with van der Waals surface area (Å²) < 4.78 is 24.4. The summed E-state index contributed by atoms with van der Waals surface area (Å²) in [5.41, 5.74) is 0.298. The molecule has 116 valence electrons. The summed E-state index contributed by atoms with van der Waals surface area (Å²) >= 11 is 11.8. The zero-order chi connectivity index (χ0) is 15.6. The van der Waals surface area contributed by atoms with Crippen molar-refractivity contribution in [3.8, 4) is 0 Å². The molecule has 4 nitrogen and oxygen atoms in total. The molecule has 0 saturated carbocycles. The average molecular weight is 366 g/mol. The van der Waals surface area contributed by atoms with Crippen LogP contribution < -0.4 is 0 Å². The Kier molecular flexibility index (Phi) is 5.51. The first-order valence-corrected chi connectivity index (χ1v) is 10.1. The number of amides is 1. The average Bonchev–Trinajstić information content (AvgIpc) is 2.49. The van der Waals surface area contributed by atoms with E-state index in [-0.39, 0.29) is 11.7 Å². The molecule has 8 heteroatoms. The lowest BCUT2D eigenvalue weighted by Crippen LogP contribution is -2.50. The fraction of sp³-hybridized carbons (Fsp3) is 0.462. The van der Waals surface area contributed by atoms with Crippen molar-refractivity contribution in [3.05, 3.63) is 28.8 Å². The van der Waals surface area contributed by atoms with Gasteiger partial charge in [-0.2, -0.15) is 11.8 Å². The Morgan fingerprint density at radius 3 is 2.90 bits per heavy atom. The number of benzene rings is 1. The van der Waals surface area contributed by atoms with Gasteiger partial charge < -0.3 is 4.90 Å². The Morgan fingerprint density at radius 2 is 2.24 bits per heavy atom. The molecule has 1 aliphatic rings. The number of carbonyl (C=O) groups is 1. The van der Waals surface area contributed by atoms with Gasteiger partial charge in [0.25, 0.3) is 5.91 Å². The summed E-state index contributed by atoms with van der Waals surface area (Å²) in [4.78, 5) is 14.7. The summed E-state index contributed by atoms with van der Waals surface area (Å²) in [5.74, 6) is 0.792. The maximum Gasteiger partial charge on any atom is 0.256 e. The molecule has 0 spiro atoms. The molecule has 0 N–H and O–H groups in total. The Labute approximate surface area is 139 Å². The zero-order valence-electron chi connectivity index (χ0n) is 11.5. The summed E-state index contributed by atoms with van der Waals surface area (Å²) in [6, 6.07) is 4.86. The van der Waals surface area contributed by atoms with E-state index in [1.165, 1.54) is 4.90 Å². The molecule has 0 aromatic heterocycles. The van der Waals surface area contributed by atoms with Crippen molar-refractivity contribution >= 4 is 51.7 Å². The van der Waals surface area contributed by atoms with Crippen molar-refractivity contribution in [1.82, 2.24) is 4.90 Å². The van der Waals surface area contributed by atoms with Crippen molar-refractivity contribution in [2.24, 2.45) is 0 Å². The quantitative estimate of drug-likeness (QED) is 0.836. The van der Waals surface area contributed by atoms with Crippen LogP contribution in [0.4, 0.5) is 0 Å². The highest BCUT2D eigenvalue weighted by Crippen LogP contribution is 2.27. The van der Waals surface area contributed by atoms with Gasteiger partial charge in [0, 0.05) is 28.7 Å². The molecule has 0 bridgehead atoms. The first-order chi connectivity index (χ1) is 9.86. The van der Waals surface area contributed by atoms with Gasteiger partial charge >= 0.3 is 0 Å². The molecule has 1 heterocycles. The van der Waals surface area contributed by atoms with E-state index in [1.54, 1.807) is 36.9 Å². The Bertz CT molecular complexity index is 648. The van der Waals surface area contributed by atoms with Gasteiger partial charge in [0.1, 0.15) is 5.37 Å². The highest BCUT2D eigenvalue weighted by Gasteiger charge is 2.36. The number of sulfone groups is 1. The molecule has 1 atom stereocenters. The van der Waals surface area contributed by atoms with Crippen molar-refractivity contribution in [2.45, 2.75) is 17.2 Å². The number of thiol groups is 1. The lowest BCUT2D eigenvalue weighted by molar-refractivity contribution is 0.0749. The number of hydrogen-bond acceptors (Lipinski definition) is 5. The second-order valence-corrected chi connectivity index (χ2v) is 9.16. The van der Waals surface area contributed by atoms with Gasteiger partial charge in [0.2, 0.25) is 0 Å². The SMILES string of the molecule is CCS(=O)(=O)C1CSCCN1C(=O)c1cc(S)ccc1Cl. The van der Waals surface area contributed by atoms with Gasteiger partial charge in [-0.1, -0.05) is 18.5 Å². The van der Waals surface area contributed by atoms with E-state index in [4.69, 9.17) is 11.6 Å². The van der Waals surface area contributed by atoms with Crippen molar-refractivity contribution in [3.63, 3.8) is 0 Å². The predicted molar refractivity (Wildman–Crippen MR) is 90.3 cm³/mol. The molecular formula is C13H16ClNO3S3. The van der Waals surface area contributed by atoms with Crippen LogP contribution in [0.5, 0.6) is 0 Å². The second-order valence-electron chi connectivity index (χ2n) is 4.64. The van der Waals surface area contributed by atoms with E-state index in [0.29, 0.717) is 27.8 Å². The number of nitrogens with zero attached hydrogens (tertiary/aromatic N) is 1. The summed E-state index contributed by atoms with van der Waals surface area (Å²) in [6.07, 6.45) is 0. The molecule has 1 amide bonds. The number of rotatable bonds is 3. The molecule has 1 aliphatic heterocycles. The Morgan fingerprint density at radius 1 is 1.52 bits per heavy atom. The molecular weight excluding hydrogens is 350 g/mol. The molecule has 2 rings (SSSR count). The number of thioether (sulfide) groups is 1. The monoisotopic (exact) mass is 365 g/mol. The maximum absolute atomic E-state index is 12.7. The summed E-state index contributed by atoms with van der Waals surface area (Å²) in [6.45, 7) is 2.00. The maximum atomic E-state index is 12.7. The van der Waals surface area contributed by atoms with E-state index in [2.05, 4.69) is 12.6 Å². The standard InChI is InChI=1S/C13H16ClNO3S3/c1-2-21(17,18)12-8-20-6-5-15(12)13(16)10-7-9(19)3-4-11(10)14/h3-4,7,12,19H,2,5-6,8H2,1H3. The molecule has 1 saturated heterocycles. The lowest BCUT2D eigenvalue weighted by atomic mass is 10.2. The number of hydrogen-bond donors (Lipinski definition) is 1. The third-order valence-electron chi connectivity index (χ3n) is 3.34. The van der Waals surface area contributed by atoms with Gasteiger partial charge in [0.15, 0.2) is 9.84 Å². The van der Waals surface area contributed by atoms with Crippen LogP contribution in [0.25, 0.3) is 0 Å². The van der Waals surface area contributed by atoms with Gasteiger partial charge in [-0.25, -0.2) is 8.42 Å². The van der Waals surface area contributed by atoms with Crippen LogP contribution in [0.15, 0.2) is 23.1 Å². The molecule has 1 aromatic carbocycles. The van der Waals surface area contributed by atoms with E-state index >= 15 is 0 Å². The fourth-order valence-electron chi connectivity index (χ4n) is 2.14. The van der Waals surface area contributed by atoms with E-state index in [9.17, 15) is 13.2 Å². The highest BCUT2D eigenvalue weighted by molar-refractivity contribution is 8.01. The highest BCUT2D eigenvalue weighted by atomic mass is 35.5. The van der Waals surface area contributed by atoms with Crippen LogP contribution in [0.3, 0.4) is 0 Å². The minimum atomic E-state index is -3.32. The third-order valence-corrected chi connectivity index (χ3v) is 7.24. The van der Waals surface area contributed by atoms with Crippen molar-refractivity contribution in [1.29, 1.82) is 0 Å². The molecule has 1 fully saturated rings. The van der Waals surface area contributed by atoms with Gasteiger partial charge in [0.05, 0.1) is 10.6 Å². The Balaban J connectivity index is 2.37. The topological polar surface area (TPSA) is 54.5 Å². The largest absolute Gasteiger partial charge is 0.320 e. The normalized spacial score (nSPS) is 19.6. The van der Waals surface area contributed by atoms with Crippen LogP contribution in [0.2, 0.25) is 5.02 Å². The molecule has 1 unspecified atom stereocenters. The van der Waals surface area contributed by atoms with E-state index < -0.39 is 15.2 Å². The summed E-state index contributed by atoms with van der Waals surface area (Å²) in [5, 5.41) is -0.475. The second kappa shape index (κ2) is 6.81. The zero-order valence-corrected chi connectivity index (χ0v) is 14.7. The van der Waals surface area contributed by atoms with Gasteiger partial charge in [-0.05, 0) is 18.2 Å². The third kappa shape index (κ3) is 3.70. The van der Waals surface area contributed by atoms with Crippen molar-refractivity contribution < 1.29 is 13.2 Å². The molecule has 1 aromatic rings. The van der Waals surface area contributed by atoms with Crippen LogP contribution in [0, 0.1) is 0 Å². The minimum absolute atomic E-state index is 0.0162. The van der Waals surface area contributed by atoms with Crippen molar-refractivity contribution in [2.75, 3.05) is 23.8 Å².